The van der Waals surface area contributed by atoms with Crippen LogP contribution in [0.2, 0.25) is 0 Å². The Bertz CT molecular complexity index is 165. The minimum Gasteiger partial charge on any atom is -0.317 e. The van der Waals surface area contributed by atoms with Gasteiger partial charge in [0.2, 0.25) is 0 Å². The lowest BCUT2D eigenvalue weighted by molar-refractivity contribution is 0.101. The SMILES string of the molecule is CCNCCCC(C)N1CCN(CC)CC1. The molecule has 0 aromatic heterocycles. The topological polar surface area (TPSA) is 18.5 Å². The molecule has 1 heterocycles. The highest BCUT2D eigenvalue weighted by Crippen LogP contribution is 2.10. The minimum atomic E-state index is 0.762. The van der Waals surface area contributed by atoms with Gasteiger partial charge in [-0.05, 0) is 39.4 Å². The Labute approximate surface area is 101 Å². The quantitative estimate of drug-likeness (QED) is 0.663. The summed E-state index contributed by atoms with van der Waals surface area (Å²) >= 11 is 0. The lowest BCUT2D eigenvalue weighted by Gasteiger charge is -2.37. The van der Waals surface area contributed by atoms with Gasteiger partial charge in [0.1, 0.15) is 0 Å². The van der Waals surface area contributed by atoms with Crippen LogP contribution in [0.3, 0.4) is 0 Å². The molecule has 1 saturated heterocycles. The van der Waals surface area contributed by atoms with Crippen molar-refractivity contribution >= 4 is 0 Å². The maximum absolute atomic E-state index is 3.40. The van der Waals surface area contributed by atoms with Crippen molar-refractivity contribution in [2.75, 3.05) is 45.8 Å². The summed E-state index contributed by atoms with van der Waals surface area (Å²) in [4.78, 5) is 5.19. The van der Waals surface area contributed by atoms with Crippen LogP contribution < -0.4 is 5.32 Å². The first-order chi connectivity index (χ1) is 7.77. The number of nitrogens with one attached hydrogen (secondary N) is 1. The van der Waals surface area contributed by atoms with Gasteiger partial charge in [-0.3, -0.25) is 4.90 Å². The molecule has 3 nitrogen and oxygen atoms in total. The Balaban J connectivity index is 2.10. The van der Waals surface area contributed by atoms with E-state index in [1.807, 2.05) is 0 Å². The van der Waals surface area contributed by atoms with Crippen LogP contribution in [0.4, 0.5) is 0 Å². The number of hydrogen-bond donors (Lipinski definition) is 1. The largest absolute Gasteiger partial charge is 0.317 e. The first kappa shape index (κ1) is 13.9. The molecule has 1 N–H and O–H groups in total. The molecule has 16 heavy (non-hydrogen) atoms. The van der Waals surface area contributed by atoms with E-state index >= 15 is 0 Å². The molecule has 1 unspecified atom stereocenters. The molecule has 0 aliphatic carbocycles. The first-order valence-corrected chi connectivity index (χ1v) is 6.95. The van der Waals surface area contributed by atoms with E-state index in [2.05, 4.69) is 35.9 Å². The van der Waals surface area contributed by atoms with Gasteiger partial charge in [0, 0.05) is 32.2 Å². The normalized spacial score (nSPS) is 21.2. The average molecular weight is 227 g/mol. The molecule has 1 aliphatic rings. The molecule has 1 rings (SSSR count). The monoisotopic (exact) mass is 227 g/mol. The van der Waals surface area contributed by atoms with Crippen LogP contribution in [0.1, 0.15) is 33.6 Å². The fraction of sp³-hybridized carbons (Fsp3) is 1.00. The number of nitrogens with zero attached hydrogens (tertiary/aromatic N) is 2. The van der Waals surface area contributed by atoms with E-state index in [-0.39, 0.29) is 0 Å². The van der Waals surface area contributed by atoms with Gasteiger partial charge in [-0.1, -0.05) is 13.8 Å². The van der Waals surface area contributed by atoms with Crippen molar-refractivity contribution < 1.29 is 0 Å². The third-order valence-electron chi connectivity index (χ3n) is 3.70. The summed E-state index contributed by atoms with van der Waals surface area (Å²) < 4.78 is 0. The van der Waals surface area contributed by atoms with Crippen molar-refractivity contribution in [3.05, 3.63) is 0 Å². The minimum absolute atomic E-state index is 0.762. The van der Waals surface area contributed by atoms with Crippen molar-refractivity contribution in [2.24, 2.45) is 0 Å². The molecule has 0 amide bonds. The third kappa shape index (κ3) is 4.81. The molecule has 0 bridgehead atoms. The van der Waals surface area contributed by atoms with E-state index in [9.17, 15) is 0 Å². The molecule has 1 atom stereocenters. The van der Waals surface area contributed by atoms with Crippen molar-refractivity contribution in [3.8, 4) is 0 Å². The highest BCUT2D eigenvalue weighted by atomic mass is 15.3. The zero-order valence-electron chi connectivity index (χ0n) is 11.3. The van der Waals surface area contributed by atoms with E-state index in [4.69, 9.17) is 0 Å². The number of likely N-dealkylation sites (N-methyl/N-ethyl adjacent to an activating group) is 1. The Morgan fingerprint density at radius 2 is 1.81 bits per heavy atom. The van der Waals surface area contributed by atoms with Crippen LogP contribution in [-0.4, -0.2) is 61.7 Å². The highest BCUT2D eigenvalue weighted by Gasteiger charge is 2.19. The Morgan fingerprint density at radius 1 is 1.12 bits per heavy atom. The lowest BCUT2D eigenvalue weighted by Crippen LogP contribution is -2.49. The zero-order valence-corrected chi connectivity index (χ0v) is 11.3. The molecule has 0 spiro atoms. The van der Waals surface area contributed by atoms with Gasteiger partial charge in [0.25, 0.3) is 0 Å². The Kier molecular flexibility index (Phi) is 7.01. The van der Waals surface area contributed by atoms with Gasteiger partial charge in [0.15, 0.2) is 0 Å². The molecule has 1 aliphatic heterocycles. The van der Waals surface area contributed by atoms with Gasteiger partial charge >= 0.3 is 0 Å². The first-order valence-electron chi connectivity index (χ1n) is 6.95. The summed E-state index contributed by atoms with van der Waals surface area (Å²) in [5.74, 6) is 0. The summed E-state index contributed by atoms with van der Waals surface area (Å²) in [6.07, 6.45) is 2.64. The summed E-state index contributed by atoms with van der Waals surface area (Å²) in [5, 5.41) is 3.40. The van der Waals surface area contributed by atoms with Crippen LogP contribution in [0, 0.1) is 0 Å². The summed E-state index contributed by atoms with van der Waals surface area (Å²) in [6.45, 7) is 15.3. The Hall–Kier alpha value is -0.120. The van der Waals surface area contributed by atoms with Crippen LogP contribution in [0.15, 0.2) is 0 Å². The van der Waals surface area contributed by atoms with Crippen molar-refractivity contribution in [3.63, 3.8) is 0 Å². The van der Waals surface area contributed by atoms with Crippen LogP contribution in [-0.2, 0) is 0 Å². The van der Waals surface area contributed by atoms with Gasteiger partial charge in [0.05, 0.1) is 0 Å². The van der Waals surface area contributed by atoms with Crippen molar-refractivity contribution in [1.29, 1.82) is 0 Å². The second-order valence-electron chi connectivity index (χ2n) is 4.82. The molecule has 1 fully saturated rings. The van der Waals surface area contributed by atoms with Crippen LogP contribution in [0.5, 0.6) is 0 Å². The lowest BCUT2D eigenvalue weighted by atomic mass is 10.1. The third-order valence-corrected chi connectivity index (χ3v) is 3.70. The molecule has 0 radical (unpaired) electrons. The fourth-order valence-corrected chi connectivity index (χ4v) is 2.40. The van der Waals surface area contributed by atoms with Gasteiger partial charge in [-0.15, -0.1) is 0 Å². The zero-order chi connectivity index (χ0) is 11.8. The number of piperazine rings is 1. The molecular weight excluding hydrogens is 198 g/mol. The summed E-state index contributed by atoms with van der Waals surface area (Å²) in [7, 11) is 0. The van der Waals surface area contributed by atoms with Crippen molar-refractivity contribution in [1.82, 2.24) is 15.1 Å². The second-order valence-corrected chi connectivity index (χ2v) is 4.82. The second kappa shape index (κ2) is 8.04. The average Bonchev–Trinajstić information content (AvgIpc) is 2.34. The summed E-state index contributed by atoms with van der Waals surface area (Å²) in [5.41, 5.74) is 0. The number of hydrogen-bond acceptors (Lipinski definition) is 3. The van der Waals surface area contributed by atoms with Gasteiger partial charge < -0.3 is 10.2 Å². The molecule has 96 valence electrons. The van der Waals surface area contributed by atoms with Gasteiger partial charge in [-0.25, -0.2) is 0 Å². The molecule has 3 heteroatoms. The number of rotatable bonds is 7. The fourth-order valence-electron chi connectivity index (χ4n) is 2.40. The molecular formula is C13H29N3. The van der Waals surface area contributed by atoms with E-state index in [1.165, 1.54) is 52.1 Å². The van der Waals surface area contributed by atoms with E-state index in [1.54, 1.807) is 0 Å². The Morgan fingerprint density at radius 3 is 2.38 bits per heavy atom. The van der Waals surface area contributed by atoms with E-state index in [0.717, 1.165) is 12.6 Å². The standard InChI is InChI=1S/C13H29N3/c1-4-14-8-6-7-13(3)16-11-9-15(5-2)10-12-16/h13-14H,4-12H2,1-3H3. The predicted molar refractivity (Wildman–Crippen MR) is 70.9 cm³/mol. The molecule has 0 aromatic rings. The van der Waals surface area contributed by atoms with Crippen molar-refractivity contribution in [2.45, 2.75) is 39.7 Å². The predicted octanol–water partition coefficient (Wildman–Crippen LogP) is 1.40. The van der Waals surface area contributed by atoms with Crippen LogP contribution in [0.25, 0.3) is 0 Å². The maximum atomic E-state index is 3.40. The highest BCUT2D eigenvalue weighted by molar-refractivity contribution is 4.75. The maximum Gasteiger partial charge on any atom is 0.0113 e. The van der Waals surface area contributed by atoms with E-state index < -0.39 is 0 Å². The van der Waals surface area contributed by atoms with Crippen LogP contribution >= 0.6 is 0 Å². The summed E-state index contributed by atoms with van der Waals surface area (Å²) in [6, 6.07) is 0.762. The molecule has 0 saturated carbocycles. The van der Waals surface area contributed by atoms with E-state index in [0.29, 0.717) is 0 Å². The van der Waals surface area contributed by atoms with Gasteiger partial charge in [-0.2, -0.15) is 0 Å². The smallest absolute Gasteiger partial charge is 0.0113 e. The molecule has 0 aromatic carbocycles.